The lowest BCUT2D eigenvalue weighted by Gasteiger charge is -2.29. The van der Waals surface area contributed by atoms with Crippen molar-refractivity contribution in [2.45, 2.75) is 38.7 Å². The van der Waals surface area contributed by atoms with Gasteiger partial charge in [0.2, 0.25) is 0 Å². The van der Waals surface area contributed by atoms with Crippen LogP contribution in [0.3, 0.4) is 0 Å². The maximum Gasteiger partial charge on any atom is 0.253 e. The summed E-state index contributed by atoms with van der Waals surface area (Å²) in [6.07, 6.45) is 5.87. The van der Waals surface area contributed by atoms with Crippen LogP contribution >= 0.6 is 0 Å². The topological polar surface area (TPSA) is 41.6 Å². The summed E-state index contributed by atoms with van der Waals surface area (Å²) in [5.41, 5.74) is 2.00. The summed E-state index contributed by atoms with van der Waals surface area (Å²) in [4.78, 5) is 14.5. The number of piperidine rings is 1. The van der Waals surface area contributed by atoms with Crippen molar-refractivity contribution < 1.29 is 9.53 Å². The van der Waals surface area contributed by atoms with E-state index in [0.29, 0.717) is 6.61 Å². The molecule has 2 rings (SSSR count). The Hall–Kier alpha value is -1.81. The molecule has 0 aromatic heterocycles. The number of hydrogen-bond acceptors (Lipinski definition) is 3. The van der Waals surface area contributed by atoms with E-state index in [1.165, 1.54) is 24.9 Å². The van der Waals surface area contributed by atoms with E-state index in [-0.39, 0.29) is 5.91 Å². The molecule has 1 N–H and O–H groups in total. The van der Waals surface area contributed by atoms with Crippen molar-refractivity contribution in [3.05, 3.63) is 36.9 Å². The van der Waals surface area contributed by atoms with E-state index in [9.17, 15) is 4.79 Å². The highest BCUT2D eigenvalue weighted by Crippen LogP contribution is 2.23. The van der Waals surface area contributed by atoms with Gasteiger partial charge in [0.15, 0.2) is 0 Å². The van der Waals surface area contributed by atoms with Gasteiger partial charge in [-0.1, -0.05) is 12.1 Å². The number of benzene rings is 1. The molecular weight excluding hydrogens is 276 g/mol. The van der Waals surface area contributed by atoms with Gasteiger partial charge in [0.25, 0.3) is 5.91 Å². The lowest BCUT2D eigenvalue weighted by molar-refractivity contribution is -0.126. The van der Waals surface area contributed by atoms with Gasteiger partial charge in [-0.15, -0.1) is 6.58 Å². The molecule has 1 aliphatic rings. The average molecular weight is 302 g/mol. The van der Waals surface area contributed by atoms with E-state index in [2.05, 4.69) is 22.9 Å². The largest absolute Gasteiger partial charge is 0.371 e. The van der Waals surface area contributed by atoms with Crippen LogP contribution in [-0.2, 0) is 9.53 Å². The minimum atomic E-state index is -0.460. The van der Waals surface area contributed by atoms with Gasteiger partial charge in [0.05, 0.1) is 6.61 Å². The second-order valence-corrected chi connectivity index (χ2v) is 5.68. The first-order valence-corrected chi connectivity index (χ1v) is 8.09. The maximum atomic E-state index is 12.1. The molecule has 4 heteroatoms. The third-order valence-electron chi connectivity index (χ3n) is 3.89. The van der Waals surface area contributed by atoms with Crippen LogP contribution in [0.2, 0.25) is 0 Å². The van der Waals surface area contributed by atoms with Crippen molar-refractivity contribution in [2.24, 2.45) is 0 Å². The fraction of sp³-hybridized carbons (Fsp3) is 0.500. The average Bonchev–Trinajstić information content (AvgIpc) is 2.56. The summed E-state index contributed by atoms with van der Waals surface area (Å²) in [6, 6.07) is 8.05. The SMILES string of the molecule is C=CCCOC(C)C(=O)Nc1cccc(N2CCCCC2)c1. The highest BCUT2D eigenvalue weighted by molar-refractivity contribution is 5.94. The Labute approximate surface area is 133 Å². The smallest absolute Gasteiger partial charge is 0.253 e. The maximum absolute atomic E-state index is 12.1. The summed E-state index contributed by atoms with van der Waals surface area (Å²) >= 11 is 0. The minimum Gasteiger partial charge on any atom is -0.371 e. The van der Waals surface area contributed by atoms with E-state index in [4.69, 9.17) is 4.74 Å². The highest BCUT2D eigenvalue weighted by atomic mass is 16.5. The summed E-state index contributed by atoms with van der Waals surface area (Å²) in [7, 11) is 0. The Morgan fingerprint density at radius 1 is 1.41 bits per heavy atom. The molecule has 0 bridgehead atoms. The number of hydrogen-bond donors (Lipinski definition) is 1. The molecule has 1 aromatic carbocycles. The molecular formula is C18H26N2O2. The zero-order valence-corrected chi connectivity index (χ0v) is 13.4. The van der Waals surface area contributed by atoms with Gasteiger partial charge in [-0.05, 0) is 50.8 Å². The Balaban J connectivity index is 1.91. The quantitative estimate of drug-likeness (QED) is 0.618. The number of carbonyl (C=O) groups is 1. The van der Waals surface area contributed by atoms with Crippen LogP contribution in [0.4, 0.5) is 11.4 Å². The van der Waals surface area contributed by atoms with Crippen LogP contribution in [0.1, 0.15) is 32.6 Å². The molecule has 0 radical (unpaired) electrons. The molecule has 1 atom stereocenters. The fourth-order valence-electron chi connectivity index (χ4n) is 2.58. The number of ether oxygens (including phenoxy) is 1. The van der Waals surface area contributed by atoms with E-state index in [1.54, 1.807) is 13.0 Å². The van der Waals surface area contributed by atoms with Gasteiger partial charge in [0.1, 0.15) is 6.10 Å². The summed E-state index contributed by atoms with van der Waals surface area (Å²) < 4.78 is 5.47. The molecule has 0 aliphatic carbocycles. The molecule has 120 valence electrons. The molecule has 1 aliphatic heterocycles. The molecule has 4 nitrogen and oxygen atoms in total. The minimum absolute atomic E-state index is 0.111. The van der Waals surface area contributed by atoms with Crippen LogP contribution in [0.15, 0.2) is 36.9 Å². The van der Waals surface area contributed by atoms with Crippen molar-refractivity contribution >= 4 is 17.3 Å². The van der Waals surface area contributed by atoms with Crippen molar-refractivity contribution in [2.75, 3.05) is 29.9 Å². The predicted molar refractivity (Wildman–Crippen MR) is 91.4 cm³/mol. The number of nitrogens with one attached hydrogen (secondary N) is 1. The van der Waals surface area contributed by atoms with Crippen molar-refractivity contribution in [3.63, 3.8) is 0 Å². The summed E-state index contributed by atoms with van der Waals surface area (Å²) in [5, 5.41) is 2.93. The lowest BCUT2D eigenvalue weighted by atomic mass is 10.1. The zero-order chi connectivity index (χ0) is 15.8. The van der Waals surface area contributed by atoms with E-state index in [1.807, 2.05) is 18.2 Å². The van der Waals surface area contributed by atoms with Gasteiger partial charge < -0.3 is 15.0 Å². The summed E-state index contributed by atoms with van der Waals surface area (Å²) in [6.45, 7) is 8.12. The first-order chi connectivity index (χ1) is 10.7. The Morgan fingerprint density at radius 3 is 2.91 bits per heavy atom. The molecule has 1 saturated heterocycles. The standard InChI is InChI=1S/C18H26N2O2/c1-3-4-13-22-15(2)18(21)19-16-9-8-10-17(14-16)20-11-6-5-7-12-20/h3,8-10,14-15H,1,4-7,11-13H2,2H3,(H,19,21). The van der Waals surface area contributed by atoms with Crippen LogP contribution < -0.4 is 10.2 Å². The Kier molecular flexibility index (Phi) is 6.46. The van der Waals surface area contributed by atoms with Crippen LogP contribution in [-0.4, -0.2) is 31.7 Å². The van der Waals surface area contributed by atoms with Crippen LogP contribution in [0.5, 0.6) is 0 Å². The Bertz CT molecular complexity index is 496. The number of amides is 1. The van der Waals surface area contributed by atoms with Gasteiger partial charge in [-0.2, -0.15) is 0 Å². The molecule has 1 fully saturated rings. The van der Waals surface area contributed by atoms with E-state index >= 15 is 0 Å². The lowest BCUT2D eigenvalue weighted by Crippen LogP contribution is -2.30. The Morgan fingerprint density at radius 2 is 2.18 bits per heavy atom. The molecule has 22 heavy (non-hydrogen) atoms. The predicted octanol–water partition coefficient (Wildman–Crippen LogP) is 3.60. The molecule has 0 spiro atoms. The fourth-order valence-corrected chi connectivity index (χ4v) is 2.58. The normalized spacial score (nSPS) is 16.1. The number of carbonyl (C=O) groups excluding carboxylic acids is 1. The van der Waals surface area contributed by atoms with Gasteiger partial charge >= 0.3 is 0 Å². The van der Waals surface area contributed by atoms with Crippen molar-refractivity contribution in [1.82, 2.24) is 0 Å². The van der Waals surface area contributed by atoms with Gasteiger partial charge in [0, 0.05) is 24.5 Å². The number of nitrogens with zero attached hydrogens (tertiary/aromatic N) is 1. The molecule has 1 heterocycles. The molecule has 1 aromatic rings. The number of anilines is 2. The molecule has 1 amide bonds. The molecule has 0 saturated carbocycles. The van der Waals surface area contributed by atoms with E-state index in [0.717, 1.165) is 25.2 Å². The number of rotatable bonds is 7. The second-order valence-electron chi connectivity index (χ2n) is 5.68. The second kappa shape index (κ2) is 8.59. The summed E-state index contributed by atoms with van der Waals surface area (Å²) in [5.74, 6) is -0.111. The van der Waals surface area contributed by atoms with Crippen LogP contribution in [0.25, 0.3) is 0 Å². The highest BCUT2D eigenvalue weighted by Gasteiger charge is 2.15. The zero-order valence-electron chi connectivity index (χ0n) is 13.4. The van der Waals surface area contributed by atoms with E-state index < -0.39 is 6.10 Å². The van der Waals surface area contributed by atoms with Crippen molar-refractivity contribution in [3.8, 4) is 0 Å². The van der Waals surface area contributed by atoms with Crippen LogP contribution in [0, 0.1) is 0 Å². The third kappa shape index (κ3) is 4.88. The molecule has 1 unspecified atom stereocenters. The third-order valence-corrected chi connectivity index (χ3v) is 3.89. The first-order valence-electron chi connectivity index (χ1n) is 8.09. The monoisotopic (exact) mass is 302 g/mol. The first kappa shape index (κ1) is 16.6. The van der Waals surface area contributed by atoms with Crippen molar-refractivity contribution in [1.29, 1.82) is 0 Å². The van der Waals surface area contributed by atoms with Gasteiger partial charge in [-0.25, -0.2) is 0 Å². The van der Waals surface area contributed by atoms with Gasteiger partial charge in [-0.3, -0.25) is 4.79 Å².